The number of nitrogens with zero attached hydrogens (tertiary/aromatic N) is 4. The van der Waals surface area contributed by atoms with Gasteiger partial charge in [-0.25, -0.2) is 18.9 Å². The third kappa shape index (κ3) is 3.27. The van der Waals surface area contributed by atoms with Gasteiger partial charge in [0, 0.05) is 19.2 Å². The lowest BCUT2D eigenvalue weighted by molar-refractivity contribution is -0.162. The first-order valence-corrected chi connectivity index (χ1v) is 9.91. The van der Waals surface area contributed by atoms with Crippen molar-refractivity contribution in [2.45, 2.75) is 36.6 Å². The van der Waals surface area contributed by atoms with Crippen molar-refractivity contribution in [2.75, 3.05) is 25.5 Å². The number of imidazole rings is 1. The molecular formula is C20H20F4N6O. The number of methoxy groups -OCH3 is 1. The second kappa shape index (κ2) is 7.04. The number of nitrogens with one attached hydrogen (secondary N) is 2. The van der Waals surface area contributed by atoms with E-state index in [0.29, 0.717) is 29.4 Å². The molecule has 1 aliphatic heterocycles. The van der Waals surface area contributed by atoms with Crippen LogP contribution in [0, 0.1) is 0 Å². The topological polar surface area (TPSA) is 76.4 Å². The fourth-order valence-corrected chi connectivity index (χ4v) is 3.98. The number of ether oxygens (including phenoxy) is 1. The summed E-state index contributed by atoms with van der Waals surface area (Å²) in [5, 5.41) is 10.3. The molecular weight excluding hydrogens is 416 g/mol. The Hall–Kier alpha value is -2.95. The Morgan fingerprint density at radius 2 is 2.06 bits per heavy atom. The van der Waals surface area contributed by atoms with Gasteiger partial charge in [-0.2, -0.15) is 18.3 Å². The molecule has 0 aromatic carbocycles. The standard InChI is InChI=1S/C20H20F4N6O/c1-31-15-7-17-26-10-14(30(17)29-18(15)19(5-6-19)20(22,23)24)12-3-2-4-16(27-12)28-13-9-25-8-11(13)21/h2-4,7,10-11,13,25H,5-6,8-9H2,1H3,(H,27,28)/t11-,13-/m0/s1. The number of anilines is 1. The van der Waals surface area contributed by atoms with E-state index in [9.17, 15) is 17.6 Å². The van der Waals surface area contributed by atoms with E-state index in [-0.39, 0.29) is 30.8 Å². The highest BCUT2D eigenvalue weighted by molar-refractivity contribution is 5.63. The maximum absolute atomic E-state index is 13.9. The Morgan fingerprint density at radius 3 is 2.71 bits per heavy atom. The zero-order valence-electron chi connectivity index (χ0n) is 16.6. The first-order valence-electron chi connectivity index (χ1n) is 9.91. The molecule has 1 saturated carbocycles. The van der Waals surface area contributed by atoms with E-state index in [4.69, 9.17) is 4.74 Å². The average Bonchev–Trinajstić information content (AvgIpc) is 3.33. The van der Waals surface area contributed by atoms with Gasteiger partial charge in [-0.1, -0.05) is 6.07 Å². The molecule has 5 rings (SSSR count). The van der Waals surface area contributed by atoms with Crippen molar-refractivity contribution < 1.29 is 22.3 Å². The minimum atomic E-state index is -4.43. The minimum Gasteiger partial charge on any atom is -0.495 e. The zero-order chi connectivity index (χ0) is 21.8. The van der Waals surface area contributed by atoms with Crippen LogP contribution in [0.5, 0.6) is 5.75 Å². The molecule has 164 valence electrons. The lowest BCUT2D eigenvalue weighted by Crippen LogP contribution is -2.31. The highest BCUT2D eigenvalue weighted by Crippen LogP contribution is 2.60. The smallest absolute Gasteiger partial charge is 0.400 e. The van der Waals surface area contributed by atoms with Gasteiger partial charge in [0.15, 0.2) is 5.65 Å². The normalized spacial score (nSPS) is 22.6. The van der Waals surface area contributed by atoms with Gasteiger partial charge in [-0.3, -0.25) is 0 Å². The Bertz CT molecular complexity index is 1130. The molecule has 3 aromatic rings. The van der Waals surface area contributed by atoms with Gasteiger partial charge < -0.3 is 15.4 Å². The van der Waals surface area contributed by atoms with Gasteiger partial charge in [-0.15, -0.1) is 0 Å². The highest BCUT2D eigenvalue weighted by atomic mass is 19.4. The van der Waals surface area contributed by atoms with Gasteiger partial charge in [-0.05, 0) is 25.0 Å². The molecule has 0 amide bonds. The number of hydrogen-bond donors (Lipinski definition) is 2. The van der Waals surface area contributed by atoms with E-state index >= 15 is 0 Å². The molecule has 2 N–H and O–H groups in total. The molecule has 2 aliphatic rings. The van der Waals surface area contributed by atoms with Crippen molar-refractivity contribution in [3.63, 3.8) is 0 Å². The van der Waals surface area contributed by atoms with Crippen LogP contribution >= 0.6 is 0 Å². The van der Waals surface area contributed by atoms with Crippen molar-refractivity contribution in [1.82, 2.24) is 24.9 Å². The van der Waals surface area contributed by atoms with Crippen molar-refractivity contribution in [3.8, 4) is 17.1 Å². The lowest BCUT2D eigenvalue weighted by atomic mass is 10.0. The minimum absolute atomic E-state index is 0.0348. The molecule has 0 radical (unpaired) electrons. The molecule has 1 saturated heterocycles. The summed E-state index contributed by atoms with van der Waals surface area (Å²) >= 11 is 0. The number of pyridine rings is 1. The quantitative estimate of drug-likeness (QED) is 0.599. The summed E-state index contributed by atoms with van der Waals surface area (Å²) < 4.78 is 61.7. The van der Waals surface area contributed by atoms with Crippen LogP contribution in [-0.2, 0) is 5.41 Å². The van der Waals surface area contributed by atoms with E-state index in [1.807, 2.05) is 0 Å². The summed E-state index contributed by atoms with van der Waals surface area (Å²) in [6.07, 6.45) is -4.03. The van der Waals surface area contributed by atoms with E-state index in [0.717, 1.165) is 0 Å². The predicted molar refractivity (Wildman–Crippen MR) is 105 cm³/mol. The molecule has 4 heterocycles. The number of alkyl halides is 4. The van der Waals surface area contributed by atoms with Gasteiger partial charge in [0.05, 0.1) is 25.0 Å². The van der Waals surface area contributed by atoms with Crippen LogP contribution in [0.3, 0.4) is 0 Å². The molecule has 2 atom stereocenters. The maximum atomic E-state index is 13.9. The third-order valence-corrected chi connectivity index (χ3v) is 5.91. The maximum Gasteiger partial charge on any atom is 0.400 e. The van der Waals surface area contributed by atoms with Crippen LogP contribution in [-0.4, -0.2) is 58.2 Å². The molecule has 0 unspecified atom stereocenters. The summed E-state index contributed by atoms with van der Waals surface area (Å²) in [5.41, 5.74) is -0.920. The van der Waals surface area contributed by atoms with Gasteiger partial charge >= 0.3 is 6.18 Å². The zero-order valence-corrected chi connectivity index (χ0v) is 16.6. The van der Waals surface area contributed by atoms with E-state index < -0.39 is 23.8 Å². The van der Waals surface area contributed by atoms with Crippen molar-refractivity contribution in [2.24, 2.45) is 0 Å². The van der Waals surface area contributed by atoms with Crippen LogP contribution in [0.2, 0.25) is 0 Å². The first-order chi connectivity index (χ1) is 14.8. The van der Waals surface area contributed by atoms with Crippen molar-refractivity contribution >= 4 is 11.5 Å². The fourth-order valence-electron chi connectivity index (χ4n) is 3.98. The molecule has 31 heavy (non-hydrogen) atoms. The molecule has 0 bridgehead atoms. The molecule has 7 nitrogen and oxygen atoms in total. The third-order valence-electron chi connectivity index (χ3n) is 5.91. The molecule has 3 aromatic heterocycles. The van der Waals surface area contributed by atoms with Gasteiger partial charge in [0.2, 0.25) is 0 Å². The van der Waals surface area contributed by atoms with Crippen LogP contribution in [0.15, 0.2) is 30.5 Å². The van der Waals surface area contributed by atoms with Crippen molar-refractivity contribution in [3.05, 3.63) is 36.2 Å². The van der Waals surface area contributed by atoms with Crippen LogP contribution in [0.25, 0.3) is 17.0 Å². The Kier molecular flexibility index (Phi) is 4.54. The lowest BCUT2D eigenvalue weighted by Gasteiger charge is -2.21. The van der Waals surface area contributed by atoms with E-state index in [2.05, 4.69) is 25.7 Å². The highest BCUT2D eigenvalue weighted by Gasteiger charge is 2.66. The second-order valence-electron chi connectivity index (χ2n) is 7.89. The van der Waals surface area contributed by atoms with Crippen LogP contribution in [0.1, 0.15) is 18.5 Å². The fraction of sp³-hybridized carbons (Fsp3) is 0.450. The first kappa shape index (κ1) is 20.0. The molecule has 2 fully saturated rings. The SMILES string of the molecule is COc1cc2ncc(-c3cccc(N[C@H]4CNC[C@@H]4F)n3)n2nc1C1(C(F)(F)F)CC1. The number of rotatable bonds is 5. The number of aromatic nitrogens is 4. The average molecular weight is 436 g/mol. The number of fused-ring (bicyclic) bond motifs is 1. The largest absolute Gasteiger partial charge is 0.495 e. The summed E-state index contributed by atoms with van der Waals surface area (Å²) in [6.45, 7) is 0.757. The monoisotopic (exact) mass is 436 g/mol. The van der Waals surface area contributed by atoms with Crippen molar-refractivity contribution in [1.29, 1.82) is 0 Å². The summed E-state index contributed by atoms with van der Waals surface area (Å²) in [7, 11) is 1.32. The molecule has 1 aliphatic carbocycles. The van der Waals surface area contributed by atoms with E-state index in [1.165, 1.54) is 23.9 Å². The second-order valence-corrected chi connectivity index (χ2v) is 7.89. The van der Waals surface area contributed by atoms with Gasteiger partial charge in [0.25, 0.3) is 0 Å². The Labute approximate surface area is 174 Å². The van der Waals surface area contributed by atoms with Crippen LogP contribution in [0.4, 0.5) is 23.4 Å². The molecule has 0 spiro atoms. The Morgan fingerprint density at radius 1 is 1.26 bits per heavy atom. The Balaban J connectivity index is 1.56. The van der Waals surface area contributed by atoms with Crippen LogP contribution < -0.4 is 15.4 Å². The summed E-state index contributed by atoms with van der Waals surface area (Å²) in [6, 6.07) is 6.21. The number of halogens is 4. The van der Waals surface area contributed by atoms with Gasteiger partial charge in [0.1, 0.15) is 34.5 Å². The molecule has 11 heteroatoms. The van der Waals surface area contributed by atoms with E-state index in [1.54, 1.807) is 18.2 Å². The summed E-state index contributed by atoms with van der Waals surface area (Å²) in [4.78, 5) is 8.77. The predicted octanol–water partition coefficient (Wildman–Crippen LogP) is 3.12. The summed E-state index contributed by atoms with van der Waals surface area (Å²) in [5.74, 6) is 0.525. The number of hydrogen-bond acceptors (Lipinski definition) is 6.